The van der Waals surface area contributed by atoms with Gasteiger partial charge in [0.2, 0.25) is 0 Å². The Hall–Kier alpha value is -3.32. The fourth-order valence-electron chi connectivity index (χ4n) is 2.32. The van der Waals surface area contributed by atoms with Crippen molar-refractivity contribution in [2.45, 2.75) is 0 Å². The van der Waals surface area contributed by atoms with Crippen molar-refractivity contribution in [1.82, 2.24) is 4.98 Å². The first-order valence-electron chi connectivity index (χ1n) is 7.64. The van der Waals surface area contributed by atoms with E-state index in [1.165, 1.54) is 30.6 Å². The molecule has 0 saturated heterocycles. The molecule has 0 aliphatic rings. The number of nitrogens with zero attached hydrogens (tertiary/aromatic N) is 2. The summed E-state index contributed by atoms with van der Waals surface area (Å²) in [6.45, 7) is 0. The lowest BCUT2D eigenvalue weighted by Crippen LogP contribution is -2.03. The van der Waals surface area contributed by atoms with E-state index in [2.05, 4.69) is 4.98 Å². The molecule has 0 fully saturated rings. The van der Waals surface area contributed by atoms with Crippen LogP contribution in [0.25, 0.3) is 22.9 Å². The molecule has 0 radical (unpaired) electrons. The quantitative estimate of drug-likeness (QED) is 0.289. The van der Waals surface area contributed by atoms with E-state index in [9.17, 15) is 14.9 Å². The third kappa shape index (κ3) is 3.84. The number of rotatable bonds is 5. The molecule has 0 N–H and O–H groups in total. The van der Waals surface area contributed by atoms with E-state index >= 15 is 0 Å². The molecule has 3 aromatic rings. The minimum absolute atomic E-state index is 0.0117. The number of hydrogen-bond donors (Lipinski definition) is 0. The summed E-state index contributed by atoms with van der Waals surface area (Å²) in [7, 11) is 1.30. The average Bonchev–Trinajstić information content (AvgIpc) is 3.16. The van der Waals surface area contributed by atoms with E-state index in [1.807, 2.05) is 35.7 Å². The second-order valence-electron chi connectivity index (χ2n) is 5.30. The maximum atomic E-state index is 12.2. The van der Waals surface area contributed by atoms with Gasteiger partial charge >= 0.3 is 5.97 Å². The molecular weight excluding hydrogens is 352 g/mol. The number of methoxy groups -OCH3 is 1. The van der Waals surface area contributed by atoms with Gasteiger partial charge in [-0.05, 0) is 23.8 Å². The fraction of sp³-hybridized carbons (Fsp3) is 0.0526. The van der Waals surface area contributed by atoms with E-state index in [1.54, 1.807) is 18.2 Å². The van der Waals surface area contributed by atoms with Crippen molar-refractivity contribution >= 4 is 34.6 Å². The number of esters is 1. The van der Waals surface area contributed by atoms with Crippen LogP contribution in [0.2, 0.25) is 0 Å². The first kappa shape index (κ1) is 17.5. The number of carbonyl (C=O) groups excluding carboxylic acids is 1. The standard InChI is InChI=1S/C19H14N2O4S/c1-25-19(22)16(11-13-7-9-15(10-8-13)21(23)24)18-20-17(12-26-18)14-5-3-2-4-6-14/h2-12H,1H3/b16-11-. The van der Waals surface area contributed by atoms with Gasteiger partial charge in [0, 0.05) is 23.1 Å². The van der Waals surface area contributed by atoms with Crippen LogP contribution in [0.4, 0.5) is 5.69 Å². The first-order valence-corrected chi connectivity index (χ1v) is 8.52. The molecule has 7 heteroatoms. The van der Waals surface area contributed by atoms with Crippen molar-refractivity contribution in [2.24, 2.45) is 0 Å². The summed E-state index contributed by atoms with van der Waals surface area (Å²) < 4.78 is 4.87. The molecule has 3 rings (SSSR count). The Morgan fingerprint density at radius 2 is 1.85 bits per heavy atom. The van der Waals surface area contributed by atoms with Gasteiger partial charge in [0.15, 0.2) is 0 Å². The molecule has 1 aromatic heterocycles. The van der Waals surface area contributed by atoms with Crippen molar-refractivity contribution in [3.8, 4) is 11.3 Å². The average molecular weight is 366 g/mol. The van der Waals surface area contributed by atoms with Gasteiger partial charge in [-0.15, -0.1) is 11.3 Å². The van der Waals surface area contributed by atoms with E-state index < -0.39 is 10.9 Å². The lowest BCUT2D eigenvalue weighted by atomic mass is 10.1. The van der Waals surface area contributed by atoms with Crippen LogP contribution in [0.15, 0.2) is 60.0 Å². The zero-order chi connectivity index (χ0) is 18.5. The summed E-state index contributed by atoms with van der Waals surface area (Å²) >= 11 is 1.34. The maximum absolute atomic E-state index is 12.2. The molecule has 0 aliphatic carbocycles. The number of carbonyl (C=O) groups is 1. The van der Waals surface area contributed by atoms with Crippen LogP contribution in [-0.4, -0.2) is 23.0 Å². The van der Waals surface area contributed by atoms with Crippen molar-refractivity contribution in [2.75, 3.05) is 7.11 Å². The minimum Gasteiger partial charge on any atom is -0.465 e. The molecular formula is C19H14N2O4S. The fourth-order valence-corrected chi connectivity index (χ4v) is 3.15. The van der Waals surface area contributed by atoms with Crippen LogP contribution >= 0.6 is 11.3 Å². The van der Waals surface area contributed by atoms with Crippen LogP contribution in [0.3, 0.4) is 0 Å². The highest BCUT2D eigenvalue weighted by molar-refractivity contribution is 7.11. The lowest BCUT2D eigenvalue weighted by Gasteiger charge is -2.03. The Labute approximate surface area is 153 Å². The Kier molecular flexibility index (Phi) is 5.19. The van der Waals surface area contributed by atoms with Gasteiger partial charge in [-0.2, -0.15) is 0 Å². The van der Waals surface area contributed by atoms with Gasteiger partial charge in [-0.25, -0.2) is 9.78 Å². The summed E-state index contributed by atoms with van der Waals surface area (Å²) in [5, 5.41) is 13.2. The van der Waals surface area contributed by atoms with Crippen LogP contribution in [0, 0.1) is 10.1 Å². The summed E-state index contributed by atoms with van der Waals surface area (Å²) in [5.41, 5.74) is 2.65. The zero-order valence-corrected chi connectivity index (χ0v) is 14.6. The van der Waals surface area contributed by atoms with Gasteiger partial charge in [-0.1, -0.05) is 30.3 Å². The molecule has 1 heterocycles. The van der Waals surface area contributed by atoms with Crippen molar-refractivity contribution in [3.05, 3.63) is 80.7 Å². The highest BCUT2D eigenvalue weighted by Gasteiger charge is 2.17. The summed E-state index contributed by atoms with van der Waals surface area (Å²) in [6.07, 6.45) is 1.61. The molecule has 2 aromatic carbocycles. The Morgan fingerprint density at radius 1 is 1.15 bits per heavy atom. The normalized spacial score (nSPS) is 11.2. The largest absolute Gasteiger partial charge is 0.465 e. The van der Waals surface area contributed by atoms with Gasteiger partial charge < -0.3 is 4.74 Å². The molecule has 0 unspecified atom stereocenters. The lowest BCUT2D eigenvalue weighted by molar-refractivity contribution is -0.384. The van der Waals surface area contributed by atoms with Gasteiger partial charge in [0.05, 0.1) is 23.3 Å². The zero-order valence-electron chi connectivity index (χ0n) is 13.8. The summed E-state index contributed by atoms with van der Waals surface area (Å²) in [6, 6.07) is 15.6. The predicted octanol–water partition coefficient (Wildman–Crippen LogP) is 4.43. The van der Waals surface area contributed by atoms with Gasteiger partial charge in [0.1, 0.15) is 5.01 Å². The third-order valence-corrected chi connectivity index (χ3v) is 4.50. The Bertz CT molecular complexity index is 963. The van der Waals surface area contributed by atoms with E-state index in [-0.39, 0.29) is 5.69 Å². The smallest absolute Gasteiger partial charge is 0.340 e. The Morgan fingerprint density at radius 3 is 2.46 bits per heavy atom. The van der Waals surface area contributed by atoms with Crippen LogP contribution in [0.5, 0.6) is 0 Å². The third-order valence-electron chi connectivity index (χ3n) is 3.62. The van der Waals surface area contributed by atoms with E-state index in [4.69, 9.17) is 4.74 Å². The molecule has 6 nitrogen and oxygen atoms in total. The monoisotopic (exact) mass is 366 g/mol. The molecule has 0 atom stereocenters. The number of hydrogen-bond acceptors (Lipinski definition) is 6. The van der Waals surface area contributed by atoms with Crippen LogP contribution < -0.4 is 0 Å². The van der Waals surface area contributed by atoms with E-state index in [0.29, 0.717) is 16.1 Å². The molecule has 0 saturated carbocycles. The second-order valence-corrected chi connectivity index (χ2v) is 6.16. The molecule has 0 aliphatic heterocycles. The number of aromatic nitrogens is 1. The number of ether oxygens (including phenoxy) is 1. The molecule has 0 amide bonds. The minimum atomic E-state index is -0.516. The summed E-state index contributed by atoms with van der Waals surface area (Å²) in [4.78, 5) is 27.0. The van der Waals surface area contributed by atoms with Crippen LogP contribution in [0.1, 0.15) is 10.6 Å². The van der Waals surface area contributed by atoms with E-state index in [0.717, 1.165) is 11.3 Å². The molecule has 26 heavy (non-hydrogen) atoms. The van der Waals surface area contributed by atoms with Crippen molar-refractivity contribution in [1.29, 1.82) is 0 Å². The van der Waals surface area contributed by atoms with Gasteiger partial charge in [-0.3, -0.25) is 10.1 Å². The first-order chi connectivity index (χ1) is 12.6. The molecule has 130 valence electrons. The van der Waals surface area contributed by atoms with Crippen molar-refractivity contribution < 1.29 is 14.5 Å². The summed E-state index contributed by atoms with van der Waals surface area (Å²) in [5.74, 6) is -0.516. The molecule has 0 bridgehead atoms. The predicted molar refractivity (Wildman–Crippen MR) is 101 cm³/mol. The number of thiazole rings is 1. The van der Waals surface area contributed by atoms with Crippen molar-refractivity contribution in [3.63, 3.8) is 0 Å². The number of non-ortho nitro benzene ring substituents is 1. The van der Waals surface area contributed by atoms with Crippen LogP contribution in [-0.2, 0) is 9.53 Å². The highest BCUT2D eigenvalue weighted by Crippen LogP contribution is 2.28. The maximum Gasteiger partial charge on any atom is 0.340 e. The van der Waals surface area contributed by atoms with Gasteiger partial charge in [0.25, 0.3) is 5.69 Å². The number of nitro groups is 1. The number of benzene rings is 2. The Balaban J connectivity index is 1.97. The highest BCUT2D eigenvalue weighted by atomic mass is 32.1. The SMILES string of the molecule is COC(=O)/C(=C\c1ccc([N+](=O)[O-])cc1)c1nc(-c2ccccc2)cs1. The molecule has 0 spiro atoms. The second kappa shape index (κ2) is 7.71. The number of nitro benzene ring substituents is 1. The topological polar surface area (TPSA) is 82.3 Å².